The Labute approximate surface area is 179 Å². The van der Waals surface area contributed by atoms with Crippen LogP contribution in [0.4, 0.5) is 0 Å². The zero-order chi connectivity index (χ0) is 21.9. The van der Waals surface area contributed by atoms with Crippen molar-refractivity contribution in [2.75, 3.05) is 26.2 Å². The summed E-state index contributed by atoms with van der Waals surface area (Å²) >= 11 is 0. The number of ether oxygens (including phenoxy) is 1. The molecule has 2 rings (SSSR count). The highest BCUT2D eigenvalue weighted by Crippen LogP contribution is 2.13. The molecule has 1 amide bonds. The molecule has 0 aliphatic rings. The minimum absolute atomic E-state index is 0.0235. The Balaban J connectivity index is 2.11. The van der Waals surface area contributed by atoms with Crippen molar-refractivity contribution in [3.8, 4) is 0 Å². The van der Waals surface area contributed by atoms with Gasteiger partial charge in [0.1, 0.15) is 17.6 Å². The molecule has 0 bridgehead atoms. The van der Waals surface area contributed by atoms with Gasteiger partial charge in [0.15, 0.2) is 0 Å². The van der Waals surface area contributed by atoms with Crippen LogP contribution in [0.5, 0.6) is 0 Å². The number of benzene rings is 1. The minimum atomic E-state index is -0.462. The van der Waals surface area contributed by atoms with Gasteiger partial charge in [0, 0.05) is 6.54 Å². The van der Waals surface area contributed by atoms with Crippen LogP contribution in [0.25, 0.3) is 0 Å². The lowest BCUT2D eigenvalue weighted by Crippen LogP contribution is -2.47. The average molecular weight is 415 g/mol. The summed E-state index contributed by atoms with van der Waals surface area (Å²) in [5, 5.41) is 0. The molecule has 30 heavy (non-hydrogen) atoms. The van der Waals surface area contributed by atoms with Crippen molar-refractivity contribution in [1.82, 2.24) is 9.80 Å². The van der Waals surface area contributed by atoms with E-state index in [1.807, 2.05) is 54.0 Å². The van der Waals surface area contributed by atoms with Crippen LogP contribution < -0.4 is 0 Å². The zero-order valence-corrected chi connectivity index (χ0v) is 18.6. The van der Waals surface area contributed by atoms with E-state index in [1.54, 1.807) is 13.8 Å². The van der Waals surface area contributed by atoms with Gasteiger partial charge in [-0.2, -0.15) is 0 Å². The summed E-state index contributed by atoms with van der Waals surface area (Å²) in [5.74, 6) is 1.26. The van der Waals surface area contributed by atoms with Crippen molar-refractivity contribution < 1.29 is 18.7 Å². The molecular formula is C24H34N2O4. The highest BCUT2D eigenvalue weighted by atomic mass is 16.5. The largest absolute Gasteiger partial charge is 0.465 e. The van der Waals surface area contributed by atoms with Crippen molar-refractivity contribution >= 4 is 11.9 Å². The quantitative estimate of drug-likeness (QED) is 0.494. The molecule has 0 unspecified atom stereocenters. The number of furan rings is 1. The predicted octanol–water partition coefficient (Wildman–Crippen LogP) is 3.82. The normalized spacial score (nSPS) is 12.0. The zero-order valence-electron chi connectivity index (χ0n) is 18.6. The summed E-state index contributed by atoms with van der Waals surface area (Å²) in [6.07, 6.45) is 1.60. The molecule has 0 N–H and O–H groups in total. The number of hydrogen-bond donors (Lipinski definition) is 0. The third kappa shape index (κ3) is 7.34. The van der Waals surface area contributed by atoms with E-state index < -0.39 is 6.04 Å². The van der Waals surface area contributed by atoms with Crippen molar-refractivity contribution in [2.24, 2.45) is 0 Å². The second-order valence-electron chi connectivity index (χ2n) is 7.46. The summed E-state index contributed by atoms with van der Waals surface area (Å²) < 4.78 is 10.9. The third-order valence-electron chi connectivity index (χ3n) is 5.03. The highest BCUT2D eigenvalue weighted by molar-refractivity contribution is 5.80. The second kappa shape index (κ2) is 12.2. The fourth-order valence-electron chi connectivity index (χ4n) is 3.34. The first-order chi connectivity index (χ1) is 14.4. The Hall–Kier alpha value is -2.60. The number of esters is 1. The molecule has 0 fully saturated rings. The first-order valence-electron chi connectivity index (χ1n) is 10.7. The lowest BCUT2D eigenvalue weighted by Gasteiger charge is -2.30. The van der Waals surface area contributed by atoms with Crippen LogP contribution in [0.3, 0.4) is 0 Å². The maximum atomic E-state index is 13.2. The Morgan fingerprint density at radius 3 is 2.40 bits per heavy atom. The van der Waals surface area contributed by atoms with Gasteiger partial charge in [0.25, 0.3) is 0 Å². The molecule has 1 aromatic heterocycles. The Kier molecular flexibility index (Phi) is 9.61. The standard InChI is InChI=1S/C24H34N2O4/c1-5-15-25(20(4)24(28)29-6-2)18-23(27)26(17-22-13-12-19(3)30-22)16-14-21-10-8-7-9-11-21/h7-13,20H,5-6,14-18H2,1-4H3/t20-/m0/s1. The molecule has 0 saturated heterocycles. The third-order valence-corrected chi connectivity index (χ3v) is 5.03. The van der Waals surface area contributed by atoms with E-state index in [1.165, 1.54) is 5.56 Å². The molecule has 1 aromatic carbocycles. The summed E-state index contributed by atoms with van der Waals surface area (Å²) in [6, 6.07) is 13.5. The molecule has 0 saturated carbocycles. The van der Waals surface area contributed by atoms with E-state index in [4.69, 9.17) is 9.15 Å². The van der Waals surface area contributed by atoms with Gasteiger partial charge in [0.2, 0.25) is 5.91 Å². The number of hydrogen-bond acceptors (Lipinski definition) is 5. The average Bonchev–Trinajstić information content (AvgIpc) is 3.15. The molecule has 6 nitrogen and oxygen atoms in total. The van der Waals surface area contributed by atoms with Crippen molar-refractivity contribution in [1.29, 1.82) is 0 Å². The molecule has 0 aliphatic carbocycles. The first kappa shape index (κ1) is 23.7. The van der Waals surface area contributed by atoms with Crippen LogP contribution in [-0.4, -0.2) is 54.0 Å². The van der Waals surface area contributed by atoms with E-state index >= 15 is 0 Å². The number of carbonyl (C=O) groups is 2. The van der Waals surface area contributed by atoms with Gasteiger partial charge in [0.05, 0.1) is 19.7 Å². The van der Waals surface area contributed by atoms with Crippen LogP contribution in [0.1, 0.15) is 44.3 Å². The number of nitrogens with zero attached hydrogens (tertiary/aromatic N) is 2. The number of carbonyl (C=O) groups excluding carboxylic acids is 2. The smallest absolute Gasteiger partial charge is 0.323 e. The Morgan fingerprint density at radius 2 is 1.80 bits per heavy atom. The van der Waals surface area contributed by atoms with E-state index in [-0.39, 0.29) is 18.4 Å². The fourth-order valence-corrected chi connectivity index (χ4v) is 3.34. The van der Waals surface area contributed by atoms with E-state index in [2.05, 4.69) is 12.1 Å². The van der Waals surface area contributed by atoms with Gasteiger partial charge < -0.3 is 14.1 Å². The summed E-state index contributed by atoms with van der Waals surface area (Å²) in [7, 11) is 0. The molecule has 1 atom stereocenters. The van der Waals surface area contributed by atoms with Crippen LogP contribution in [0, 0.1) is 6.92 Å². The van der Waals surface area contributed by atoms with E-state index in [0.717, 1.165) is 24.4 Å². The number of aryl methyl sites for hydroxylation is 1. The molecule has 164 valence electrons. The van der Waals surface area contributed by atoms with Crippen molar-refractivity contribution in [2.45, 2.75) is 53.1 Å². The number of rotatable bonds is 12. The summed E-state index contributed by atoms with van der Waals surface area (Å²) in [4.78, 5) is 29.2. The Morgan fingerprint density at radius 1 is 1.07 bits per heavy atom. The van der Waals surface area contributed by atoms with Gasteiger partial charge in [-0.15, -0.1) is 0 Å². The maximum Gasteiger partial charge on any atom is 0.323 e. The molecule has 0 aliphatic heterocycles. The maximum absolute atomic E-state index is 13.2. The molecule has 1 heterocycles. The van der Waals surface area contributed by atoms with Crippen molar-refractivity contribution in [3.05, 3.63) is 59.5 Å². The van der Waals surface area contributed by atoms with Crippen LogP contribution >= 0.6 is 0 Å². The monoisotopic (exact) mass is 414 g/mol. The van der Waals surface area contributed by atoms with E-state index in [9.17, 15) is 9.59 Å². The SMILES string of the molecule is CCCN(CC(=O)N(CCc1ccccc1)Cc1ccc(C)o1)[C@@H](C)C(=O)OCC. The van der Waals surface area contributed by atoms with Crippen LogP contribution in [0.15, 0.2) is 46.9 Å². The lowest BCUT2D eigenvalue weighted by atomic mass is 10.1. The molecular weight excluding hydrogens is 380 g/mol. The second-order valence-corrected chi connectivity index (χ2v) is 7.46. The van der Waals surface area contributed by atoms with Crippen LogP contribution in [0.2, 0.25) is 0 Å². The van der Waals surface area contributed by atoms with E-state index in [0.29, 0.717) is 26.2 Å². The predicted molar refractivity (Wildman–Crippen MR) is 117 cm³/mol. The lowest BCUT2D eigenvalue weighted by molar-refractivity contribution is -0.150. The molecule has 0 spiro atoms. The summed E-state index contributed by atoms with van der Waals surface area (Å²) in [5.41, 5.74) is 1.18. The topological polar surface area (TPSA) is 63.0 Å². The Bertz CT molecular complexity index is 788. The van der Waals surface area contributed by atoms with Gasteiger partial charge >= 0.3 is 5.97 Å². The minimum Gasteiger partial charge on any atom is -0.465 e. The number of amides is 1. The van der Waals surface area contributed by atoms with Gasteiger partial charge in [-0.3, -0.25) is 14.5 Å². The van der Waals surface area contributed by atoms with Crippen LogP contribution in [-0.2, 0) is 27.3 Å². The van der Waals surface area contributed by atoms with Crippen molar-refractivity contribution in [3.63, 3.8) is 0 Å². The fraction of sp³-hybridized carbons (Fsp3) is 0.500. The first-order valence-corrected chi connectivity index (χ1v) is 10.7. The van der Waals surface area contributed by atoms with Gasteiger partial charge in [-0.25, -0.2) is 0 Å². The van der Waals surface area contributed by atoms with Gasteiger partial charge in [-0.05, 0) is 57.9 Å². The highest BCUT2D eigenvalue weighted by Gasteiger charge is 2.26. The summed E-state index contributed by atoms with van der Waals surface area (Å²) in [6.45, 7) is 9.65. The molecule has 0 radical (unpaired) electrons. The van der Waals surface area contributed by atoms with Gasteiger partial charge in [-0.1, -0.05) is 37.3 Å². The molecule has 2 aromatic rings. The molecule has 6 heteroatoms.